The lowest BCUT2D eigenvalue weighted by molar-refractivity contribution is -0.138. The van der Waals surface area contributed by atoms with E-state index in [4.69, 9.17) is 9.84 Å². The van der Waals surface area contributed by atoms with Gasteiger partial charge in [0.2, 0.25) is 0 Å². The lowest BCUT2D eigenvalue weighted by Gasteiger charge is -2.24. The largest absolute Gasteiger partial charge is 0.478 e. The molecule has 0 aromatic heterocycles. The molecule has 1 N–H and O–H groups in total. The summed E-state index contributed by atoms with van der Waals surface area (Å²) in [6.45, 7) is -0.293. The van der Waals surface area contributed by atoms with E-state index in [1.165, 1.54) is 24.3 Å². The van der Waals surface area contributed by atoms with Gasteiger partial charge in [0.05, 0.1) is 11.3 Å². The number of anilines is 1. The number of rotatable bonds is 2. The summed E-state index contributed by atoms with van der Waals surface area (Å²) in [6.07, 6.45) is 0. The van der Waals surface area contributed by atoms with Crippen molar-refractivity contribution in [3.05, 3.63) is 29.8 Å². The Morgan fingerprint density at radius 3 is 2.12 bits per heavy atom. The predicted octanol–water partition coefficient (Wildman–Crippen LogP) is 0.275. The van der Waals surface area contributed by atoms with Gasteiger partial charge in [-0.15, -0.1) is 0 Å². The standard InChI is InChI=1S/C11H9NO5/c13-9-5-17-6-10(14)12(9)8-3-1-7(2-4-8)11(15)16/h1-4H,5-6H2,(H,15,16). The molecule has 0 radical (unpaired) electrons. The van der Waals surface area contributed by atoms with Crippen molar-refractivity contribution in [1.29, 1.82) is 0 Å². The molecule has 0 saturated carbocycles. The molecule has 1 saturated heterocycles. The van der Waals surface area contributed by atoms with Gasteiger partial charge in [0, 0.05) is 0 Å². The third kappa shape index (κ3) is 2.16. The van der Waals surface area contributed by atoms with E-state index in [-0.39, 0.29) is 18.8 Å². The van der Waals surface area contributed by atoms with Gasteiger partial charge in [0.25, 0.3) is 11.8 Å². The van der Waals surface area contributed by atoms with Crippen molar-refractivity contribution >= 4 is 23.5 Å². The lowest BCUT2D eigenvalue weighted by Crippen LogP contribution is -2.46. The molecular formula is C11H9NO5. The molecule has 6 heteroatoms. The summed E-state index contributed by atoms with van der Waals surface area (Å²) in [5.74, 6) is -1.97. The Morgan fingerprint density at radius 1 is 1.12 bits per heavy atom. The fourth-order valence-electron chi connectivity index (χ4n) is 1.53. The van der Waals surface area contributed by atoms with Gasteiger partial charge in [-0.1, -0.05) is 0 Å². The third-order valence-corrected chi connectivity index (χ3v) is 2.32. The van der Waals surface area contributed by atoms with Crippen LogP contribution in [0, 0.1) is 0 Å². The van der Waals surface area contributed by atoms with Gasteiger partial charge in [0.1, 0.15) is 13.2 Å². The van der Waals surface area contributed by atoms with Crippen molar-refractivity contribution in [1.82, 2.24) is 0 Å². The van der Waals surface area contributed by atoms with Crippen LogP contribution in [0.4, 0.5) is 5.69 Å². The maximum absolute atomic E-state index is 11.5. The van der Waals surface area contributed by atoms with Gasteiger partial charge in [-0.25, -0.2) is 9.69 Å². The molecule has 0 unspecified atom stereocenters. The lowest BCUT2D eigenvalue weighted by atomic mass is 10.2. The Hall–Kier alpha value is -2.21. The van der Waals surface area contributed by atoms with E-state index in [0.29, 0.717) is 5.69 Å². The minimum Gasteiger partial charge on any atom is -0.478 e. The molecule has 1 heterocycles. The Morgan fingerprint density at radius 2 is 1.65 bits per heavy atom. The zero-order valence-electron chi connectivity index (χ0n) is 8.75. The van der Waals surface area contributed by atoms with Crippen LogP contribution in [0.1, 0.15) is 10.4 Å². The van der Waals surface area contributed by atoms with Crippen LogP contribution in [-0.2, 0) is 14.3 Å². The number of ether oxygens (including phenoxy) is 1. The fourth-order valence-corrected chi connectivity index (χ4v) is 1.53. The highest BCUT2D eigenvalue weighted by atomic mass is 16.5. The first kappa shape index (κ1) is 11.3. The number of morpholine rings is 1. The highest BCUT2D eigenvalue weighted by molar-refractivity contribution is 6.17. The van der Waals surface area contributed by atoms with E-state index in [0.717, 1.165) is 4.90 Å². The maximum Gasteiger partial charge on any atom is 0.335 e. The summed E-state index contributed by atoms with van der Waals surface area (Å²) in [7, 11) is 0. The second kappa shape index (κ2) is 4.34. The third-order valence-electron chi connectivity index (χ3n) is 2.32. The van der Waals surface area contributed by atoms with E-state index < -0.39 is 17.8 Å². The second-order valence-corrected chi connectivity index (χ2v) is 3.47. The average molecular weight is 235 g/mol. The zero-order valence-corrected chi connectivity index (χ0v) is 8.75. The number of aromatic carboxylic acids is 1. The molecule has 2 rings (SSSR count). The smallest absolute Gasteiger partial charge is 0.335 e. The van der Waals surface area contributed by atoms with Gasteiger partial charge in [-0.05, 0) is 24.3 Å². The number of carbonyl (C=O) groups is 3. The molecule has 6 nitrogen and oxygen atoms in total. The minimum absolute atomic E-state index is 0.0990. The first-order valence-electron chi connectivity index (χ1n) is 4.86. The Kier molecular flexibility index (Phi) is 2.88. The van der Waals surface area contributed by atoms with Gasteiger partial charge >= 0.3 is 5.97 Å². The van der Waals surface area contributed by atoms with E-state index >= 15 is 0 Å². The number of carboxylic acid groups (broad SMARTS) is 1. The number of nitrogens with zero attached hydrogens (tertiary/aromatic N) is 1. The van der Waals surface area contributed by atoms with Crippen molar-refractivity contribution in [2.24, 2.45) is 0 Å². The summed E-state index contributed by atoms with van der Waals surface area (Å²) >= 11 is 0. The molecule has 0 atom stereocenters. The molecule has 0 aliphatic carbocycles. The summed E-state index contributed by atoms with van der Waals surface area (Å²) in [6, 6.07) is 5.52. The molecule has 1 aliphatic heterocycles. The normalized spacial score (nSPS) is 16.1. The number of imide groups is 1. The first-order chi connectivity index (χ1) is 8.09. The molecule has 1 aliphatic rings. The minimum atomic E-state index is -1.06. The van der Waals surface area contributed by atoms with Crippen molar-refractivity contribution < 1.29 is 24.2 Å². The van der Waals surface area contributed by atoms with Gasteiger partial charge in [-0.2, -0.15) is 0 Å². The van der Waals surface area contributed by atoms with Crippen molar-refractivity contribution in [2.75, 3.05) is 18.1 Å². The van der Waals surface area contributed by atoms with Crippen molar-refractivity contribution in [2.45, 2.75) is 0 Å². The fraction of sp³-hybridized carbons (Fsp3) is 0.182. The summed E-state index contributed by atoms with van der Waals surface area (Å²) in [5.41, 5.74) is 0.454. The Labute approximate surface area is 96.4 Å². The number of hydrogen-bond donors (Lipinski definition) is 1. The van der Waals surface area contributed by atoms with Crippen LogP contribution in [0.25, 0.3) is 0 Å². The van der Waals surface area contributed by atoms with Crippen LogP contribution in [0.15, 0.2) is 24.3 Å². The number of benzene rings is 1. The molecule has 0 bridgehead atoms. The molecule has 2 amide bonds. The SMILES string of the molecule is O=C(O)c1ccc(N2C(=O)COCC2=O)cc1. The summed E-state index contributed by atoms with van der Waals surface area (Å²) in [4.78, 5) is 34.6. The summed E-state index contributed by atoms with van der Waals surface area (Å²) < 4.78 is 4.77. The number of carboxylic acids is 1. The van der Waals surface area contributed by atoms with Crippen molar-refractivity contribution in [3.8, 4) is 0 Å². The second-order valence-electron chi connectivity index (χ2n) is 3.47. The van der Waals surface area contributed by atoms with E-state index in [1.54, 1.807) is 0 Å². The van der Waals surface area contributed by atoms with Crippen LogP contribution >= 0.6 is 0 Å². The monoisotopic (exact) mass is 235 g/mol. The van der Waals surface area contributed by atoms with E-state index in [2.05, 4.69) is 0 Å². The van der Waals surface area contributed by atoms with Crippen LogP contribution in [0.2, 0.25) is 0 Å². The van der Waals surface area contributed by atoms with E-state index in [1.807, 2.05) is 0 Å². The number of hydrogen-bond acceptors (Lipinski definition) is 4. The highest BCUT2D eigenvalue weighted by Crippen LogP contribution is 2.18. The zero-order chi connectivity index (χ0) is 12.4. The van der Waals surface area contributed by atoms with Gasteiger partial charge < -0.3 is 9.84 Å². The van der Waals surface area contributed by atoms with Gasteiger partial charge in [0.15, 0.2) is 0 Å². The number of carbonyl (C=O) groups excluding carboxylic acids is 2. The molecular weight excluding hydrogens is 226 g/mol. The van der Waals surface area contributed by atoms with Crippen LogP contribution < -0.4 is 4.90 Å². The Bertz CT molecular complexity index is 463. The molecule has 1 fully saturated rings. The van der Waals surface area contributed by atoms with Gasteiger partial charge in [-0.3, -0.25) is 9.59 Å². The first-order valence-corrected chi connectivity index (χ1v) is 4.86. The Balaban J connectivity index is 2.29. The number of amides is 2. The van der Waals surface area contributed by atoms with Crippen LogP contribution in [0.5, 0.6) is 0 Å². The predicted molar refractivity (Wildman–Crippen MR) is 56.7 cm³/mol. The van der Waals surface area contributed by atoms with Crippen molar-refractivity contribution in [3.63, 3.8) is 0 Å². The molecule has 1 aromatic rings. The van der Waals surface area contributed by atoms with Crippen LogP contribution in [0.3, 0.4) is 0 Å². The molecule has 88 valence electrons. The quantitative estimate of drug-likeness (QED) is 0.744. The molecule has 17 heavy (non-hydrogen) atoms. The van der Waals surface area contributed by atoms with E-state index in [9.17, 15) is 14.4 Å². The van der Waals surface area contributed by atoms with Crippen LogP contribution in [-0.4, -0.2) is 36.1 Å². The average Bonchev–Trinajstić information content (AvgIpc) is 2.29. The summed E-state index contributed by atoms with van der Waals surface area (Å²) in [5, 5.41) is 8.72. The topological polar surface area (TPSA) is 83.9 Å². The molecule has 0 spiro atoms. The highest BCUT2D eigenvalue weighted by Gasteiger charge is 2.28. The maximum atomic E-state index is 11.5. The molecule has 1 aromatic carbocycles.